The summed E-state index contributed by atoms with van der Waals surface area (Å²) in [6.07, 6.45) is 4.59. The quantitative estimate of drug-likeness (QED) is 0.818. The van der Waals surface area contributed by atoms with Crippen LogP contribution in [-0.2, 0) is 14.8 Å². The molecule has 1 heterocycles. The molecule has 1 amide bonds. The maximum atomic E-state index is 12.2. The molecule has 1 saturated carbocycles. The maximum Gasteiger partial charge on any atom is 0.245 e. The summed E-state index contributed by atoms with van der Waals surface area (Å²) in [5.41, 5.74) is 0.315. The van der Waals surface area contributed by atoms with E-state index >= 15 is 0 Å². The summed E-state index contributed by atoms with van der Waals surface area (Å²) >= 11 is 0. The molecule has 2 rings (SSSR count). The molecule has 2 atom stereocenters. The third-order valence-corrected chi connectivity index (χ3v) is 6.04. The molecule has 23 heavy (non-hydrogen) atoms. The molecular formula is C15H25N3O4S. The summed E-state index contributed by atoms with van der Waals surface area (Å²) in [5.74, 6) is 0.604. The Labute approximate surface area is 137 Å². The average molecular weight is 343 g/mol. The summed E-state index contributed by atoms with van der Waals surface area (Å²) < 4.78 is 31.7. The topological polar surface area (TPSA) is 101 Å². The van der Waals surface area contributed by atoms with E-state index in [9.17, 15) is 13.2 Å². The van der Waals surface area contributed by atoms with Gasteiger partial charge in [-0.3, -0.25) is 4.79 Å². The van der Waals surface area contributed by atoms with Crippen molar-refractivity contribution >= 4 is 15.9 Å². The van der Waals surface area contributed by atoms with Crippen LogP contribution >= 0.6 is 0 Å². The molecule has 1 aromatic rings. The molecule has 2 N–H and O–H groups in total. The third-order valence-electron chi connectivity index (χ3n) is 4.34. The molecule has 0 aliphatic heterocycles. The summed E-state index contributed by atoms with van der Waals surface area (Å²) in [5, 5.41) is 6.65. The zero-order valence-electron chi connectivity index (χ0n) is 13.9. The van der Waals surface area contributed by atoms with Crippen LogP contribution in [0.2, 0.25) is 0 Å². The zero-order valence-corrected chi connectivity index (χ0v) is 14.7. The molecule has 0 radical (unpaired) electrons. The third kappa shape index (κ3) is 4.54. The average Bonchev–Trinajstić information content (AvgIpc) is 2.81. The van der Waals surface area contributed by atoms with Gasteiger partial charge in [0.15, 0.2) is 5.76 Å². The number of hydrogen-bond donors (Lipinski definition) is 2. The fourth-order valence-electron chi connectivity index (χ4n) is 3.04. The minimum atomic E-state index is -3.70. The van der Waals surface area contributed by atoms with Crippen LogP contribution in [0, 0.1) is 19.8 Å². The van der Waals surface area contributed by atoms with Crippen molar-refractivity contribution in [2.24, 2.45) is 5.92 Å². The van der Waals surface area contributed by atoms with Crippen molar-refractivity contribution in [1.29, 1.82) is 0 Å². The first kappa shape index (κ1) is 17.9. The van der Waals surface area contributed by atoms with Gasteiger partial charge < -0.3 is 9.84 Å². The van der Waals surface area contributed by atoms with Crippen molar-refractivity contribution in [2.75, 3.05) is 6.54 Å². The first-order valence-electron chi connectivity index (χ1n) is 8.03. The van der Waals surface area contributed by atoms with Gasteiger partial charge in [-0.25, -0.2) is 13.1 Å². The van der Waals surface area contributed by atoms with Crippen LogP contribution in [0.3, 0.4) is 0 Å². The van der Waals surface area contributed by atoms with Gasteiger partial charge in [0.25, 0.3) is 0 Å². The van der Waals surface area contributed by atoms with E-state index in [2.05, 4.69) is 22.1 Å². The molecule has 0 aromatic carbocycles. The molecule has 0 unspecified atom stereocenters. The Morgan fingerprint density at radius 3 is 2.61 bits per heavy atom. The Balaban J connectivity index is 1.83. The lowest BCUT2D eigenvalue weighted by molar-refractivity contribution is -0.122. The van der Waals surface area contributed by atoms with E-state index in [4.69, 9.17) is 4.52 Å². The first-order valence-corrected chi connectivity index (χ1v) is 9.51. The molecule has 0 saturated heterocycles. The zero-order chi connectivity index (χ0) is 17.0. The fraction of sp³-hybridized carbons (Fsp3) is 0.733. The minimum absolute atomic E-state index is 0.0545. The monoisotopic (exact) mass is 343 g/mol. The van der Waals surface area contributed by atoms with Crippen LogP contribution in [-0.4, -0.2) is 32.1 Å². The van der Waals surface area contributed by atoms with Gasteiger partial charge in [0.1, 0.15) is 10.6 Å². The Morgan fingerprint density at radius 2 is 2.00 bits per heavy atom. The molecule has 1 aliphatic rings. The normalized spacial score (nSPS) is 22.0. The van der Waals surface area contributed by atoms with Crippen LogP contribution in [0.1, 0.15) is 50.5 Å². The van der Waals surface area contributed by atoms with Crippen LogP contribution < -0.4 is 10.0 Å². The van der Waals surface area contributed by atoms with E-state index in [1.54, 1.807) is 13.8 Å². The van der Waals surface area contributed by atoms with Crippen LogP contribution in [0.25, 0.3) is 0 Å². The predicted molar refractivity (Wildman–Crippen MR) is 85.3 cm³/mol. The summed E-state index contributed by atoms with van der Waals surface area (Å²) in [6.45, 7) is 5.32. The molecule has 8 heteroatoms. The second-order valence-electron chi connectivity index (χ2n) is 6.24. The van der Waals surface area contributed by atoms with Crippen molar-refractivity contribution in [2.45, 2.75) is 63.8 Å². The number of aromatic nitrogens is 1. The largest absolute Gasteiger partial charge is 0.360 e. The predicted octanol–water partition coefficient (Wildman–Crippen LogP) is 1.65. The molecule has 1 aliphatic carbocycles. The van der Waals surface area contributed by atoms with E-state index in [1.165, 1.54) is 6.42 Å². The number of carbonyl (C=O) groups excluding carboxylic acids is 1. The van der Waals surface area contributed by atoms with Gasteiger partial charge >= 0.3 is 0 Å². The van der Waals surface area contributed by atoms with Gasteiger partial charge in [-0.2, -0.15) is 0 Å². The number of nitrogens with one attached hydrogen (secondary N) is 2. The maximum absolute atomic E-state index is 12.2. The lowest BCUT2D eigenvalue weighted by Gasteiger charge is -2.29. The summed E-state index contributed by atoms with van der Waals surface area (Å²) in [4.78, 5) is 12.0. The first-order chi connectivity index (χ1) is 10.8. The number of sulfonamides is 1. The van der Waals surface area contributed by atoms with Gasteiger partial charge in [0.2, 0.25) is 15.9 Å². The molecule has 0 bridgehead atoms. The van der Waals surface area contributed by atoms with Crippen molar-refractivity contribution in [1.82, 2.24) is 15.2 Å². The molecule has 1 fully saturated rings. The second-order valence-corrected chi connectivity index (χ2v) is 7.94. The number of nitrogens with zero attached hydrogens (tertiary/aromatic N) is 1. The summed E-state index contributed by atoms with van der Waals surface area (Å²) in [7, 11) is -3.70. The van der Waals surface area contributed by atoms with Gasteiger partial charge in [0, 0.05) is 19.0 Å². The number of hydrogen-bond acceptors (Lipinski definition) is 5. The lowest BCUT2D eigenvalue weighted by atomic mass is 9.86. The molecular weight excluding hydrogens is 318 g/mol. The van der Waals surface area contributed by atoms with Crippen molar-refractivity contribution in [3.8, 4) is 0 Å². The van der Waals surface area contributed by atoms with E-state index < -0.39 is 10.0 Å². The van der Waals surface area contributed by atoms with Crippen LogP contribution in [0.5, 0.6) is 0 Å². The Hall–Kier alpha value is -1.41. The lowest BCUT2D eigenvalue weighted by Crippen LogP contribution is -2.42. The van der Waals surface area contributed by atoms with E-state index in [0.717, 1.165) is 19.3 Å². The highest BCUT2D eigenvalue weighted by Gasteiger charge is 2.25. The second kappa shape index (κ2) is 7.44. The van der Waals surface area contributed by atoms with Crippen LogP contribution in [0.15, 0.2) is 9.42 Å². The number of amides is 1. The molecule has 0 spiro atoms. The van der Waals surface area contributed by atoms with E-state index in [-0.39, 0.29) is 35.6 Å². The van der Waals surface area contributed by atoms with Crippen molar-refractivity contribution in [3.05, 3.63) is 11.5 Å². The van der Waals surface area contributed by atoms with Gasteiger partial charge in [-0.05, 0) is 32.6 Å². The molecule has 7 nitrogen and oxygen atoms in total. The fourth-order valence-corrected chi connectivity index (χ4v) is 4.40. The Bertz CT molecular complexity index is 634. The Morgan fingerprint density at radius 1 is 1.30 bits per heavy atom. The highest BCUT2D eigenvalue weighted by Crippen LogP contribution is 2.23. The van der Waals surface area contributed by atoms with Gasteiger partial charge in [-0.15, -0.1) is 0 Å². The Kier molecular flexibility index (Phi) is 5.80. The van der Waals surface area contributed by atoms with Crippen molar-refractivity contribution in [3.63, 3.8) is 0 Å². The highest BCUT2D eigenvalue weighted by molar-refractivity contribution is 7.89. The van der Waals surface area contributed by atoms with E-state index in [1.807, 2.05) is 0 Å². The van der Waals surface area contributed by atoms with Crippen LogP contribution in [0.4, 0.5) is 0 Å². The number of rotatable bonds is 6. The molecule has 1 aromatic heterocycles. The van der Waals surface area contributed by atoms with Crippen molar-refractivity contribution < 1.29 is 17.7 Å². The summed E-state index contributed by atoms with van der Waals surface area (Å²) in [6, 6.07) is 0.204. The van der Waals surface area contributed by atoms with E-state index in [0.29, 0.717) is 11.6 Å². The number of carbonyl (C=O) groups is 1. The SMILES string of the molecule is Cc1noc(C)c1S(=O)(=O)NCCC(=O)N[C@H]1CCCC[C@@H]1C. The standard InChI is InChI=1S/C15H25N3O4S/c1-10-6-4-5-7-13(10)17-14(19)8-9-16-23(20,21)15-11(2)18-22-12(15)3/h10,13,16H,4-9H2,1-3H3,(H,17,19)/t10-,13-/m0/s1. The van der Waals surface area contributed by atoms with Gasteiger partial charge in [-0.1, -0.05) is 24.9 Å². The number of aryl methyl sites for hydroxylation is 2. The smallest absolute Gasteiger partial charge is 0.245 e. The molecule has 130 valence electrons. The minimum Gasteiger partial charge on any atom is -0.360 e. The highest BCUT2D eigenvalue weighted by atomic mass is 32.2. The van der Waals surface area contributed by atoms with Gasteiger partial charge in [0.05, 0.1) is 0 Å².